The lowest BCUT2D eigenvalue weighted by molar-refractivity contribution is 0.101. The monoisotopic (exact) mass is 224 g/mol. The Kier molecular flexibility index (Phi) is 3.22. The van der Waals surface area contributed by atoms with Crippen molar-refractivity contribution in [3.05, 3.63) is 35.4 Å². The van der Waals surface area contributed by atoms with Crippen molar-refractivity contribution in [2.75, 3.05) is 0 Å². The quantitative estimate of drug-likeness (QED) is 0.558. The second kappa shape index (κ2) is 4.03. The molecule has 0 saturated carbocycles. The lowest BCUT2D eigenvalue weighted by Crippen LogP contribution is -2.08. The Morgan fingerprint density at radius 3 is 2.00 bits per heavy atom. The summed E-state index contributed by atoms with van der Waals surface area (Å²) in [5.74, 6) is -2.39. The molecule has 13 heavy (non-hydrogen) atoms. The summed E-state index contributed by atoms with van der Waals surface area (Å²) in [6.45, 7) is 0. The van der Waals surface area contributed by atoms with Gasteiger partial charge >= 0.3 is 0 Å². The van der Waals surface area contributed by atoms with E-state index in [0.717, 1.165) is 12.1 Å². The highest BCUT2D eigenvalue weighted by atomic mass is 35.5. The Morgan fingerprint density at radius 2 is 1.62 bits per heavy atom. The SMILES string of the molecule is O=C(c1cc(F)cc(F)c1)C(Cl)Cl. The van der Waals surface area contributed by atoms with Crippen LogP contribution in [0.5, 0.6) is 0 Å². The molecule has 0 aliphatic rings. The molecular formula is C8H4Cl2F2O. The summed E-state index contributed by atoms with van der Waals surface area (Å²) >= 11 is 10.5. The molecule has 0 aromatic heterocycles. The maximum absolute atomic E-state index is 12.6. The molecule has 0 radical (unpaired) electrons. The van der Waals surface area contributed by atoms with Crippen molar-refractivity contribution in [3.8, 4) is 0 Å². The fourth-order valence-electron chi connectivity index (χ4n) is 0.822. The van der Waals surface area contributed by atoms with Gasteiger partial charge in [0.05, 0.1) is 0 Å². The van der Waals surface area contributed by atoms with Crippen LogP contribution in [0.1, 0.15) is 10.4 Å². The van der Waals surface area contributed by atoms with E-state index in [1.807, 2.05) is 0 Å². The maximum atomic E-state index is 12.6. The molecule has 1 nitrogen and oxygen atoms in total. The molecule has 0 N–H and O–H groups in total. The average molecular weight is 225 g/mol. The van der Waals surface area contributed by atoms with Crippen molar-refractivity contribution in [2.24, 2.45) is 0 Å². The minimum absolute atomic E-state index is 0.174. The molecule has 0 unspecified atom stereocenters. The molecule has 1 aromatic rings. The summed E-state index contributed by atoms with van der Waals surface area (Å²) in [6.07, 6.45) is 0. The number of rotatable bonds is 2. The van der Waals surface area contributed by atoms with Gasteiger partial charge in [-0.3, -0.25) is 4.79 Å². The number of hydrogen-bond acceptors (Lipinski definition) is 1. The van der Waals surface area contributed by atoms with E-state index in [1.54, 1.807) is 0 Å². The molecule has 0 aliphatic heterocycles. The molecule has 1 aromatic carbocycles. The standard InChI is InChI=1S/C8H4Cl2F2O/c9-8(10)7(13)4-1-5(11)3-6(12)2-4/h1-3,8H. The highest BCUT2D eigenvalue weighted by Gasteiger charge is 2.15. The van der Waals surface area contributed by atoms with Crippen molar-refractivity contribution in [3.63, 3.8) is 0 Å². The van der Waals surface area contributed by atoms with Crippen LogP contribution in [0.2, 0.25) is 0 Å². The predicted molar refractivity (Wildman–Crippen MR) is 46.2 cm³/mol. The summed E-state index contributed by atoms with van der Waals surface area (Å²) in [5.41, 5.74) is -0.174. The van der Waals surface area contributed by atoms with E-state index in [-0.39, 0.29) is 5.56 Å². The van der Waals surface area contributed by atoms with E-state index in [1.165, 1.54) is 0 Å². The third-order valence-electron chi connectivity index (χ3n) is 1.35. The van der Waals surface area contributed by atoms with Crippen LogP contribution in [0.15, 0.2) is 18.2 Å². The zero-order valence-corrected chi connectivity index (χ0v) is 7.74. The topological polar surface area (TPSA) is 17.1 Å². The Morgan fingerprint density at radius 1 is 1.15 bits per heavy atom. The van der Waals surface area contributed by atoms with Gasteiger partial charge < -0.3 is 0 Å². The van der Waals surface area contributed by atoms with Gasteiger partial charge in [0.1, 0.15) is 11.6 Å². The number of halogens is 4. The minimum Gasteiger partial charge on any atom is -0.291 e. The van der Waals surface area contributed by atoms with Crippen molar-refractivity contribution in [1.82, 2.24) is 0 Å². The molecule has 0 fully saturated rings. The Balaban J connectivity index is 3.08. The van der Waals surface area contributed by atoms with Gasteiger partial charge in [-0.1, -0.05) is 23.2 Å². The second-order valence-corrected chi connectivity index (χ2v) is 3.42. The van der Waals surface area contributed by atoms with Gasteiger partial charge in [0, 0.05) is 11.6 Å². The average Bonchev–Trinajstić information content (AvgIpc) is 2.01. The van der Waals surface area contributed by atoms with Crippen molar-refractivity contribution in [2.45, 2.75) is 4.84 Å². The first-order valence-electron chi connectivity index (χ1n) is 3.29. The zero-order chi connectivity index (χ0) is 10.0. The molecule has 0 aliphatic carbocycles. The highest BCUT2D eigenvalue weighted by Crippen LogP contribution is 2.14. The number of carbonyl (C=O) groups excluding carboxylic acids is 1. The number of hydrogen-bond donors (Lipinski definition) is 0. The van der Waals surface area contributed by atoms with Crippen LogP contribution in [-0.2, 0) is 0 Å². The van der Waals surface area contributed by atoms with E-state index in [0.29, 0.717) is 6.07 Å². The molecule has 0 amide bonds. The van der Waals surface area contributed by atoms with E-state index < -0.39 is 22.3 Å². The number of benzene rings is 1. The molecule has 0 heterocycles. The lowest BCUT2D eigenvalue weighted by atomic mass is 10.1. The minimum atomic E-state index is -1.30. The van der Waals surface area contributed by atoms with Crippen molar-refractivity contribution < 1.29 is 13.6 Å². The van der Waals surface area contributed by atoms with Crippen LogP contribution < -0.4 is 0 Å². The van der Waals surface area contributed by atoms with Gasteiger partial charge in [-0.25, -0.2) is 8.78 Å². The van der Waals surface area contributed by atoms with E-state index in [9.17, 15) is 13.6 Å². The summed E-state index contributed by atoms with van der Waals surface area (Å²) in [7, 11) is 0. The normalized spacial score (nSPS) is 10.5. The maximum Gasteiger partial charge on any atom is 0.195 e. The highest BCUT2D eigenvalue weighted by molar-refractivity contribution is 6.55. The fraction of sp³-hybridized carbons (Fsp3) is 0.125. The summed E-state index contributed by atoms with van der Waals surface area (Å²) in [6, 6.07) is 2.42. The fourth-order valence-corrected chi connectivity index (χ4v) is 1.07. The van der Waals surface area contributed by atoms with Crippen molar-refractivity contribution >= 4 is 29.0 Å². The predicted octanol–water partition coefficient (Wildman–Crippen LogP) is 2.95. The number of Topliss-reactive ketones (excluding diaryl/α,β-unsaturated/α-hetero) is 1. The van der Waals surface area contributed by atoms with Crippen LogP contribution in [0.25, 0.3) is 0 Å². The third kappa shape index (κ3) is 2.64. The van der Waals surface area contributed by atoms with Crippen LogP contribution >= 0.6 is 23.2 Å². The zero-order valence-electron chi connectivity index (χ0n) is 6.23. The molecule has 0 atom stereocenters. The largest absolute Gasteiger partial charge is 0.291 e. The summed E-state index contributed by atoms with van der Waals surface area (Å²) in [5, 5.41) is 0. The molecule has 5 heteroatoms. The first kappa shape index (κ1) is 10.4. The van der Waals surface area contributed by atoms with E-state index in [4.69, 9.17) is 23.2 Å². The van der Waals surface area contributed by atoms with Crippen LogP contribution in [0.3, 0.4) is 0 Å². The second-order valence-electron chi connectivity index (χ2n) is 2.32. The Labute approximate surface area is 83.3 Å². The molecule has 70 valence electrons. The number of alkyl halides is 2. The van der Waals surface area contributed by atoms with Crippen LogP contribution in [-0.4, -0.2) is 10.6 Å². The van der Waals surface area contributed by atoms with Gasteiger partial charge in [0.25, 0.3) is 0 Å². The Bertz CT molecular complexity index is 319. The molecule has 0 bridgehead atoms. The van der Waals surface area contributed by atoms with Crippen molar-refractivity contribution in [1.29, 1.82) is 0 Å². The molecule has 0 saturated heterocycles. The Hall–Kier alpha value is -0.670. The summed E-state index contributed by atoms with van der Waals surface area (Å²) < 4.78 is 25.1. The van der Waals surface area contributed by atoms with Gasteiger partial charge in [-0.15, -0.1) is 0 Å². The van der Waals surface area contributed by atoms with Gasteiger partial charge in [0.2, 0.25) is 0 Å². The first-order chi connectivity index (χ1) is 6.00. The lowest BCUT2D eigenvalue weighted by Gasteiger charge is -2.00. The van der Waals surface area contributed by atoms with Gasteiger partial charge in [0.15, 0.2) is 10.6 Å². The van der Waals surface area contributed by atoms with Crippen LogP contribution in [0, 0.1) is 11.6 Å². The van der Waals surface area contributed by atoms with E-state index in [2.05, 4.69) is 0 Å². The molecule has 1 rings (SSSR count). The number of ketones is 1. The third-order valence-corrected chi connectivity index (χ3v) is 1.74. The van der Waals surface area contributed by atoms with Gasteiger partial charge in [-0.2, -0.15) is 0 Å². The van der Waals surface area contributed by atoms with E-state index >= 15 is 0 Å². The smallest absolute Gasteiger partial charge is 0.195 e. The molecule has 0 spiro atoms. The van der Waals surface area contributed by atoms with Crippen LogP contribution in [0.4, 0.5) is 8.78 Å². The number of carbonyl (C=O) groups is 1. The first-order valence-corrected chi connectivity index (χ1v) is 4.16. The summed E-state index contributed by atoms with van der Waals surface area (Å²) in [4.78, 5) is 9.75. The molecular weight excluding hydrogens is 221 g/mol. The van der Waals surface area contributed by atoms with Gasteiger partial charge in [-0.05, 0) is 12.1 Å².